The summed E-state index contributed by atoms with van der Waals surface area (Å²) in [7, 11) is 0. The number of hydrogen-bond donors (Lipinski definition) is 0. The summed E-state index contributed by atoms with van der Waals surface area (Å²) >= 11 is 0. The van der Waals surface area contributed by atoms with Crippen LogP contribution in [0.5, 0.6) is 0 Å². The van der Waals surface area contributed by atoms with E-state index in [0.29, 0.717) is 0 Å². The maximum absolute atomic E-state index is 2.66. The molecule has 19 rings (SSSR count). The van der Waals surface area contributed by atoms with Crippen molar-refractivity contribution in [1.82, 2.24) is 17.6 Å². The molecule has 4 heteroatoms. The van der Waals surface area contributed by atoms with Crippen molar-refractivity contribution in [3.8, 4) is 22.3 Å². The molecular formula is C66H34N4. The fraction of sp³-hybridized carbons (Fsp3) is 0. The Morgan fingerprint density at radius 1 is 0.171 bits per heavy atom. The Morgan fingerprint density at radius 3 is 0.900 bits per heavy atom. The largest absolute Gasteiger partial charge is 0.307 e. The minimum absolute atomic E-state index is 1.22. The van der Waals surface area contributed by atoms with Gasteiger partial charge >= 0.3 is 0 Å². The molecule has 0 aliphatic rings. The zero-order valence-corrected chi connectivity index (χ0v) is 37.4. The molecule has 8 aromatic heterocycles. The van der Waals surface area contributed by atoms with E-state index < -0.39 is 0 Å². The second-order valence-corrected chi connectivity index (χ2v) is 19.8. The molecule has 70 heavy (non-hydrogen) atoms. The van der Waals surface area contributed by atoms with E-state index in [-0.39, 0.29) is 0 Å². The van der Waals surface area contributed by atoms with Gasteiger partial charge in [-0.05, 0) is 35.4 Å². The van der Waals surface area contributed by atoms with Crippen molar-refractivity contribution in [2.75, 3.05) is 0 Å². The smallest absolute Gasteiger partial charge is 0.0641 e. The molecule has 0 aliphatic carbocycles. The van der Waals surface area contributed by atoms with Gasteiger partial charge in [0.05, 0.1) is 66.2 Å². The van der Waals surface area contributed by atoms with Crippen molar-refractivity contribution in [2.24, 2.45) is 0 Å². The van der Waals surface area contributed by atoms with E-state index in [1.165, 1.54) is 175 Å². The minimum atomic E-state index is 1.22. The Kier molecular flexibility index (Phi) is 5.80. The van der Waals surface area contributed by atoms with Crippen LogP contribution in [0.4, 0.5) is 0 Å². The van der Waals surface area contributed by atoms with E-state index >= 15 is 0 Å². The molecule has 19 aromatic rings. The van der Waals surface area contributed by atoms with E-state index in [1.807, 2.05) is 0 Å². The topological polar surface area (TPSA) is 17.6 Å². The molecule has 0 saturated carbocycles. The van der Waals surface area contributed by atoms with Crippen LogP contribution in [0.15, 0.2) is 206 Å². The summed E-state index contributed by atoms with van der Waals surface area (Å²) in [5.74, 6) is 0. The fourth-order valence-electron chi connectivity index (χ4n) is 14.4. The number of para-hydroxylation sites is 6. The lowest BCUT2D eigenvalue weighted by molar-refractivity contribution is 1.35. The third kappa shape index (κ3) is 3.66. The summed E-state index contributed by atoms with van der Waals surface area (Å²) in [4.78, 5) is 0. The molecule has 4 nitrogen and oxygen atoms in total. The highest BCUT2D eigenvalue weighted by Gasteiger charge is 2.32. The fourth-order valence-corrected chi connectivity index (χ4v) is 14.4. The number of nitrogens with zero attached hydrogens (tertiary/aromatic N) is 4. The van der Waals surface area contributed by atoms with Crippen LogP contribution in [-0.4, -0.2) is 17.6 Å². The van der Waals surface area contributed by atoms with Crippen molar-refractivity contribution >= 4 is 152 Å². The van der Waals surface area contributed by atoms with E-state index in [4.69, 9.17) is 0 Å². The van der Waals surface area contributed by atoms with Gasteiger partial charge in [0.25, 0.3) is 0 Å². The molecule has 0 bridgehead atoms. The molecular weight excluding hydrogens is 849 g/mol. The van der Waals surface area contributed by atoms with Gasteiger partial charge in [-0.25, -0.2) is 0 Å². The number of rotatable bonds is 2. The maximum atomic E-state index is 2.66. The van der Waals surface area contributed by atoms with Crippen LogP contribution in [0.25, 0.3) is 175 Å². The average molecular weight is 883 g/mol. The van der Waals surface area contributed by atoms with Crippen LogP contribution in [0, 0.1) is 0 Å². The van der Waals surface area contributed by atoms with Gasteiger partial charge in [-0.1, -0.05) is 182 Å². The van der Waals surface area contributed by atoms with Gasteiger partial charge in [0.15, 0.2) is 0 Å². The second-order valence-electron chi connectivity index (χ2n) is 19.8. The van der Waals surface area contributed by atoms with E-state index in [2.05, 4.69) is 224 Å². The summed E-state index contributed by atoms with van der Waals surface area (Å²) in [6, 6.07) is 77.9. The van der Waals surface area contributed by atoms with E-state index in [1.54, 1.807) is 0 Å². The summed E-state index contributed by atoms with van der Waals surface area (Å²) in [6.45, 7) is 0. The maximum Gasteiger partial charge on any atom is 0.0641 e. The zero-order valence-electron chi connectivity index (χ0n) is 37.4. The quantitative estimate of drug-likeness (QED) is 0.165. The van der Waals surface area contributed by atoms with Gasteiger partial charge in [-0.3, -0.25) is 0 Å². The second kappa shape index (κ2) is 11.6. The lowest BCUT2D eigenvalue weighted by atomic mass is 9.89. The van der Waals surface area contributed by atoms with Crippen molar-refractivity contribution in [3.05, 3.63) is 206 Å². The highest BCUT2D eigenvalue weighted by atomic mass is 15.0. The molecule has 8 heterocycles. The Morgan fingerprint density at radius 2 is 0.471 bits per heavy atom. The van der Waals surface area contributed by atoms with Gasteiger partial charge in [-0.2, -0.15) is 0 Å². The molecule has 318 valence electrons. The summed E-state index contributed by atoms with van der Waals surface area (Å²) < 4.78 is 10.5. The monoisotopic (exact) mass is 882 g/mol. The first-order valence-electron chi connectivity index (χ1n) is 24.5. The van der Waals surface area contributed by atoms with Crippen LogP contribution in [0.2, 0.25) is 0 Å². The molecule has 0 saturated heterocycles. The molecule has 0 fully saturated rings. The molecule has 0 amide bonds. The SMILES string of the molecule is c1ccc(-c2c3c4cccc5c6c(ccc7c8cccc9c%10ccccc%10n(c98)c76)n(c3c(-c3ccccc3)c3c6cccc7c8c(ccc9c%10cccc%11c%12ccccc%12n(c%11%10)c98)n(c23)c67)c45)cc1. The molecule has 0 spiro atoms. The van der Waals surface area contributed by atoms with Gasteiger partial charge < -0.3 is 17.6 Å². The summed E-state index contributed by atoms with van der Waals surface area (Å²) in [5.41, 5.74) is 20.2. The molecule has 0 radical (unpaired) electrons. The van der Waals surface area contributed by atoms with Crippen LogP contribution < -0.4 is 0 Å². The van der Waals surface area contributed by atoms with Crippen molar-refractivity contribution in [1.29, 1.82) is 0 Å². The molecule has 0 unspecified atom stereocenters. The lowest BCUT2D eigenvalue weighted by Gasteiger charge is -2.16. The Labute approximate surface area is 396 Å². The third-order valence-corrected chi connectivity index (χ3v) is 16.8. The first-order chi connectivity index (χ1) is 34.8. The van der Waals surface area contributed by atoms with Crippen LogP contribution in [0.1, 0.15) is 0 Å². The van der Waals surface area contributed by atoms with Gasteiger partial charge in [-0.15, -0.1) is 0 Å². The Balaban J connectivity index is 1.09. The van der Waals surface area contributed by atoms with Crippen molar-refractivity contribution < 1.29 is 0 Å². The molecule has 0 atom stereocenters. The Bertz CT molecular complexity index is 5170. The number of aromatic nitrogens is 4. The molecule has 11 aromatic carbocycles. The number of benzene rings is 11. The van der Waals surface area contributed by atoms with Crippen LogP contribution in [-0.2, 0) is 0 Å². The van der Waals surface area contributed by atoms with Gasteiger partial charge in [0.1, 0.15) is 0 Å². The first-order valence-corrected chi connectivity index (χ1v) is 24.5. The van der Waals surface area contributed by atoms with Crippen LogP contribution in [0.3, 0.4) is 0 Å². The van der Waals surface area contributed by atoms with Crippen molar-refractivity contribution in [3.63, 3.8) is 0 Å². The van der Waals surface area contributed by atoms with Crippen LogP contribution >= 0.6 is 0 Å². The van der Waals surface area contributed by atoms with Gasteiger partial charge in [0.2, 0.25) is 0 Å². The molecule has 0 N–H and O–H groups in total. The zero-order chi connectivity index (χ0) is 44.8. The van der Waals surface area contributed by atoms with E-state index in [0.717, 1.165) is 0 Å². The van der Waals surface area contributed by atoms with Gasteiger partial charge in [0, 0.05) is 97.3 Å². The Hall–Kier alpha value is -9.38. The minimum Gasteiger partial charge on any atom is -0.307 e. The third-order valence-electron chi connectivity index (χ3n) is 16.8. The highest BCUT2D eigenvalue weighted by molar-refractivity contribution is 6.41. The predicted molar refractivity (Wildman–Crippen MR) is 296 cm³/mol. The predicted octanol–water partition coefficient (Wildman–Crippen LogP) is 17.6. The normalized spacial score (nSPS) is 13.1. The number of hydrogen-bond acceptors (Lipinski definition) is 0. The average Bonchev–Trinajstić information content (AvgIpc) is 4.32. The summed E-state index contributed by atoms with van der Waals surface area (Å²) in [5, 5.41) is 20.7. The lowest BCUT2D eigenvalue weighted by Crippen LogP contribution is -1.93. The molecule has 0 aliphatic heterocycles. The first kappa shape index (κ1) is 34.9. The standard InChI is InChI=1S/C66H34N4/c1-3-15-35(16-4-1)53-57-47-27-13-25-45-56-52(34-32-44-42-24-12-22-40-38-20-8-10-30-50(38)68(60(40)42)64(44)56)70(61(45)47)66(57)54(36-17-5-2-6-18-36)58-48-28-14-26-46-55-51(69(62(46)48)65(53)58)33-31-43-41-23-11-21-39-37-19-7-9-29-49(37)67(59(39)41)63(43)55/h1-34H. The van der Waals surface area contributed by atoms with E-state index in [9.17, 15) is 0 Å². The number of fused-ring (bicyclic) bond motifs is 26. The summed E-state index contributed by atoms with van der Waals surface area (Å²) in [6.07, 6.45) is 0. The highest BCUT2D eigenvalue weighted by Crippen LogP contribution is 2.56. The van der Waals surface area contributed by atoms with Crippen molar-refractivity contribution in [2.45, 2.75) is 0 Å².